The highest BCUT2D eigenvalue weighted by molar-refractivity contribution is 7.80. The summed E-state index contributed by atoms with van der Waals surface area (Å²) in [4.78, 5) is 12.5. The van der Waals surface area contributed by atoms with Crippen molar-refractivity contribution in [2.24, 2.45) is 0 Å². The number of carbonyl (C=O) groups excluding carboxylic acids is 1. The van der Waals surface area contributed by atoms with Gasteiger partial charge in [-0.3, -0.25) is 10.1 Å². The van der Waals surface area contributed by atoms with Crippen LogP contribution in [0.25, 0.3) is 10.8 Å². The maximum atomic E-state index is 12.9. The number of amides is 1. The van der Waals surface area contributed by atoms with Crippen molar-refractivity contribution in [2.45, 2.75) is 0 Å². The highest BCUT2D eigenvalue weighted by Gasteiger charge is 2.12. The van der Waals surface area contributed by atoms with Crippen molar-refractivity contribution in [3.63, 3.8) is 0 Å². The first-order valence-corrected chi connectivity index (χ1v) is 7.88. The van der Waals surface area contributed by atoms with E-state index in [0.717, 1.165) is 10.8 Å². The van der Waals surface area contributed by atoms with Gasteiger partial charge in [0.25, 0.3) is 5.91 Å². The van der Waals surface area contributed by atoms with Crippen molar-refractivity contribution in [3.8, 4) is 0 Å². The lowest BCUT2D eigenvalue weighted by atomic mass is 10.0. The molecule has 0 saturated carbocycles. The van der Waals surface area contributed by atoms with Crippen LogP contribution in [0.15, 0.2) is 60.7 Å². The first kappa shape index (κ1) is 16.4. The van der Waals surface area contributed by atoms with Crippen LogP contribution in [0.4, 0.5) is 10.1 Å². The molecule has 0 aliphatic carbocycles. The Hall–Kier alpha value is -2.50. The van der Waals surface area contributed by atoms with Crippen molar-refractivity contribution in [2.75, 3.05) is 5.32 Å². The third kappa shape index (κ3) is 3.53. The summed E-state index contributed by atoms with van der Waals surface area (Å²) >= 11 is 11.3. The van der Waals surface area contributed by atoms with Crippen LogP contribution in [0, 0.1) is 5.82 Å². The van der Waals surface area contributed by atoms with Crippen LogP contribution in [0.3, 0.4) is 0 Å². The number of hydrogen-bond donors (Lipinski definition) is 2. The van der Waals surface area contributed by atoms with Gasteiger partial charge in [-0.25, -0.2) is 4.39 Å². The minimum Gasteiger partial charge on any atom is -0.332 e. The minimum atomic E-state index is -0.345. The highest BCUT2D eigenvalue weighted by atomic mass is 35.5. The average Bonchev–Trinajstić information content (AvgIpc) is 2.57. The summed E-state index contributed by atoms with van der Waals surface area (Å²) < 4.78 is 12.9. The standard InChI is InChI=1S/C18H12ClFN2OS/c19-16-6-2-3-13-14(16)4-1-5-15(13)17(23)22-18(24)21-12-9-7-11(20)8-10-12/h1-10H,(H2,21,22,23,24). The number of thiocarbonyl (C=S) groups is 1. The number of hydrogen-bond acceptors (Lipinski definition) is 2. The van der Waals surface area contributed by atoms with Crippen LogP contribution in [0.5, 0.6) is 0 Å². The second-order valence-electron chi connectivity index (χ2n) is 5.06. The lowest BCUT2D eigenvalue weighted by molar-refractivity contribution is 0.0979. The first-order chi connectivity index (χ1) is 11.5. The number of carbonyl (C=O) groups is 1. The largest absolute Gasteiger partial charge is 0.332 e. The van der Waals surface area contributed by atoms with Crippen LogP contribution in [-0.4, -0.2) is 11.0 Å². The van der Waals surface area contributed by atoms with Crippen LogP contribution in [0.1, 0.15) is 10.4 Å². The van der Waals surface area contributed by atoms with E-state index in [-0.39, 0.29) is 16.8 Å². The molecule has 2 N–H and O–H groups in total. The van der Waals surface area contributed by atoms with E-state index < -0.39 is 0 Å². The Morgan fingerprint density at radius 3 is 2.38 bits per heavy atom. The van der Waals surface area contributed by atoms with Gasteiger partial charge in [-0.2, -0.15) is 0 Å². The molecule has 120 valence electrons. The molecule has 0 radical (unpaired) electrons. The van der Waals surface area contributed by atoms with Crippen molar-refractivity contribution in [3.05, 3.63) is 77.1 Å². The molecule has 0 aromatic heterocycles. The minimum absolute atomic E-state index is 0.130. The van der Waals surface area contributed by atoms with Gasteiger partial charge < -0.3 is 5.32 Å². The van der Waals surface area contributed by atoms with E-state index in [1.165, 1.54) is 24.3 Å². The summed E-state index contributed by atoms with van der Waals surface area (Å²) in [5.74, 6) is -0.689. The van der Waals surface area contributed by atoms with Crippen molar-refractivity contribution >= 4 is 51.3 Å². The first-order valence-electron chi connectivity index (χ1n) is 7.10. The molecule has 3 aromatic carbocycles. The third-order valence-corrected chi connectivity index (χ3v) is 3.98. The summed E-state index contributed by atoms with van der Waals surface area (Å²) in [5, 5.41) is 7.70. The van der Waals surface area contributed by atoms with Crippen molar-refractivity contribution in [1.29, 1.82) is 0 Å². The van der Waals surface area contributed by atoms with Gasteiger partial charge >= 0.3 is 0 Å². The van der Waals surface area contributed by atoms with E-state index in [0.29, 0.717) is 16.3 Å². The van der Waals surface area contributed by atoms with Gasteiger partial charge in [0.15, 0.2) is 5.11 Å². The number of anilines is 1. The molecule has 0 fully saturated rings. The lowest BCUT2D eigenvalue weighted by Gasteiger charge is -2.11. The summed E-state index contributed by atoms with van der Waals surface area (Å²) in [6.07, 6.45) is 0. The van der Waals surface area contributed by atoms with Crippen LogP contribution < -0.4 is 10.6 Å². The van der Waals surface area contributed by atoms with Crippen LogP contribution in [-0.2, 0) is 0 Å². The second kappa shape index (κ2) is 6.95. The van der Waals surface area contributed by atoms with Crippen LogP contribution >= 0.6 is 23.8 Å². The Bertz CT molecular complexity index is 928. The number of benzene rings is 3. The van der Waals surface area contributed by atoms with Crippen LogP contribution in [0.2, 0.25) is 5.02 Å². The molecule has 3 rings (SSSR count). The number of fused-ring (bicyclic) bond motifs is 1. The maximum Gasteiger partial charge on any atom is 0.258 e. The predicted octanol–water partition coefficient (Wildman–Crippen LogP) is 4.76. The molecule has 0 heterocycles. The van der Waals surface area contributed by atoms with E-state index in [1.54, 1.807) is 24.3 Å². The number of halogens is 2. The van der Waals surface area contributed by atoms with E-state index in [4.69, 9.17) is 23.8 Å². The molecular formula is C18H12ClFN2OS. The van der Waals surface area contributed by atoms with Crippen molar-refractivity contribution in [1.82, 2.24) is 5.32 Å². The van der Waals surface area contributed by atoms with Gasteiger partial charge in [0.2, 0.25) is 0 Å². The fourth-order valence-corrected chi connectivity index (χ4v) is 2.78. The monoisotopic (exact) mass is 358 g/mol. The third-order valence-electron chi connectivity index (χ3n) is 3.44. The Kier molecular flexibility index (Phi) is 4.74. The molecule has 24 heavy (non-hydrogen) atoms. The fourth-order valence-electron chi connectivity index (χ4n) is 2.34. The van der Waals surface area contributed by atoms with Crippen molar-refractivity contribution < 1.29 is 9.18 Å². The van der Waals surface area contributed by atoms with E-state index in [2.05, 4.69) is 10.6 Å². The Balaban J connectivity index is 1.79. The fraction of sp³-hybridized carbons (Fsp3) is 0. The Labute approximate surface area is 148 Å². The zero-order valence-corrected chi connectivity index (χ0v) is 13.9. The molecule has 0 unspecified atom stereocenters. The van der Waals surface area contributed by atoms with Gasteiger partial charge in [-0.05, 0) is 54.0 Å². The number of rotatable bonds is 2. The van der Waals surface area contributed by atoms with Gasteiger partial charge in [-0.1, -0.05) is 35.9 Å². The van der Waals surface area contributed by atoms with Gasteiger partial charge in [0, 0.05) is 21.7 Å². The van der Waals surface area contributed by atoms with Gasteiger partial charge in [0.05, 0.1) is 0 Å². The lowest BCUT2D eigenvalue weighted by Crippen LogP contribution is -2.34. The predicted molar refractivity (Wildman–Crippen MR) is 99.0 cm³/mol. The smallest absolute Gasteiger partial charge is 0.258 e. The molecule has 1 amide bonds. The maximum absolute atomic E-state index is 12.9. The molecule has 0 atom stereocenters. The van der Waals surface area contributed by atoms with E-state index in [1.807, 2.05) is 12.1 Å². The van der Waals surface area contributed by atoms with Gasteiger partial charge in [-0.15, -0.1) is 0 Å². The zero-order chi connectivity index (χ0) is 17.1. The summed E-state index contributed by atoms with van der Waals surface area (Å²) in [7, 11) is 0. The Morgan fingerprint density at radius 2 is 1.62 bits per heavy atom. The quantitative estimate of drug-likeness (QED) is 0.649. The molecule has 0 saturated heterocycles. The molecule has 3 aromatic rings. The highest BCUT2D eigenvalue weighted by Crippen LogP contribution is 2.25. The molecular weight excluding hydrogens is 347 g/mol. The van der Waals surface area contributed by atoms with E-state index in [9.17, 15) is 9.18 Å². The topological polar surface area (TPSA) is 41.1 Å². The summed E-state index contributed by atoms with van der Waals surface area (Å²) in [6.45, 7) is 0. The SMILES string of the molecule is O=C(NC(=S)Nc1ccc(F)cc1)c1cccc2c(Cl)cccc12. The molecule has 0 bridgehead atoms. The van der Waals surface area contributed by atoms with Gasteiger partial charge in [0.1, 0.15) is 5.82 Å². The molecule has 0 spiro atoms. The zero-order valence-electron chi connectivity index (χ0n) is 12.3. The normalized spacial score (nSPS) is 10.4. The molecule has 0 aliphatic heterocycles. The average molecular weight is 359 g/mol. The van der Waals surface area contributed by atoms with E-state index >= 15 is 0 Å². The number of nitrogens with one attached hydrogen (secondary N) is 2. The summed E-state index contributed by atoms with van der Waals surface area (Å²) in [6, 6.07) is 16.4. The molecule has 3 nitrogen and oxygen atoms in total. The summed E-state index contributed by atoms with van der Waals surface area (Å²) in [5.41, 5.74) is 1.06. The second-order valence-corrected chi connectivity index (χ2v) is 5.87. The molecule has 0 aliphatic rings. The Morgan fingerprint density at radius 1 is 0.958 bits per heavy atom. The molecule has 6 heteroatoms.